The van der Waals surface area contributed by atoms with Gasteiger partial charge < -0.3 is 14.5 Å². The van der Waals surface area contributed by atoms with Crippen LogP contribution in [0.1, 0.15) is 21.9 Å². The van der Waals surface area contributed by atoms with E-state index < -0.39 is 0 Å². The van der Waals surface area contributed by atoms with Gasteiger partial charge in [0.25, 0.3) is 5.91 Å². The van der Waals surface area contributed by atoms with E-state index >= 15 is 0 Å². The molecule has 1 amide bonds. The SMILES string of the molecule is Cc1ccc(OCc2ccc(C(=O)Nc3ccc(Cl)cn3)o2)cc1. The lowest BCUT2D eigenvalue weighted by Gasteiger charge is -2.04. The van der Waals surface area contributed by atoms with Crippen molar-refractivity contribution in [2.45, 2.75) is 13.5 Å². The first-order chi connectivity index (χ1) is 11.6. The summed E-state index contributed by atoms with van der Waals surface area (Å²) in [5.41, 5.74) is 1.16. The van der Waals surface area contributed by atoms with Crippen LogP contribution in [-0.4, -0.2) is 10.9 Å². The minimum absolute atomic E-state index is 0.189. The number of rotatable bonds is 5. The summed E-state index contributed by atoms with van der Waals surface area (Å²) in [6.45, 7) is 2.26. The third-order valence-electron chi connectivity index (χ3n) is 3.26. The number of anilines is 1. The van der Waals surface area contributed by atoms with Crippen molar-refractivity contribution in [3.05, 3.63) is 76.8 Å². The molecule has 0 bridgehead atoms. The first kappa shape index (κ1) is 16.1. The molecule has 122 valence electrons. The summed E-state index contributed by atoms with van der Waals surface area (Å²) in [6, 6.07) is 14.3. The van der Waals surface area contributed by atoms with E-state index in [9.17, 15) is 4.79 Å². The van der Waals surface area contributed by atoms with Gasteiger partial charge in [-0.3, -0.25) is 4.79 Å². The number of amides is 1. The number of hydrogen-bond acceptors (Lipinski definition) is 4. The molecule has 3 rings (SSSR count). The summed E-state index contributed by atoms with van der Waals surface area (Å²) < 4.78 is 11.1. The van der Waals surface area contributed by atoms with Gasteiger partial charge in [0.05, 0.1) is 5.02 Å². The minimum atomic E-state index is -0.383. The lowest BCUT2D eigenvalue weighted by Crippen LogP contribution is -2.11. The van der Waals surface area contributed by atoms with E-state index in [1.54, 1.807) is 24.3 Å². The van der Waals surface area contributed by atoms with Gasteiger partial charge >= 0.3 is 0 Å². The second kappa shape index (κ2) is 7.19. The smallest absolute Gasteiger partial charge is 0.292 e. The van der Waals surface area contributed by atoms with Crippen molar-refractivity contribution in [2.75, 3.05) is 5.32 Å². The molecular weight excluding hydrogens is 328 g/mol. The maximum absolute atomic E-state index is 12.1. The molecule has 1 aromatic carbocycles. The quantitative estimate of drug-likeness (QED) is 0.743. The highest BCUT2D eigenvalue weighted by Gasteiger charge is 2.12. The molecule has 1 N–H and O–H groups in total. The lowest BCUT2D eigenvalue weighted by atomic mass is 10.2. The Morgan fingerprint density at radius 2 is 1.96 bits per heavy atom. The van der Waals surface area contributed by atoms with Gasteiger partial charge in [-0.2, -0.15) is 0 Å². The van der Waals surface area contributed by atoms with Gasteiger partial charge in [0.15, 0.2) is 5.76 Å². The Bertz CT molecular complexity index is 826. The van der Waals surface area contributed by atoms with Crippen molar-refractivity contribution in [3.8, 4) is 5.75 Å². The van der Waals surface area contributed by atoms with Crippen molar-refractivity contribution in [3.63, 3.8) is 0 Å². The van der Waals surface area contributed by atoms with Gasteiger partial charge in [0.2, 0.25) is 0 Å². The molecule has 5 nitrogen and oxygen atoms in total. The molecule has 2 aromatic heterocycles. The number of carbonyl (C=O) groups is 1. The molecule has 2 heterocycles. The summed E-state index contributed by atoms with van der Waals surface area (Å²) in [5.74, 6) is 1.51. The molecule has 0 saturated carbocycles. The second-order valence-corrected chi connectivity index (χ2v) is 5.62. The second-order valence-electron chi connectivity index (χ2n) is 5.18. The van der Waals surface area contributed by atoms with E-state index in [2.05, 4.69) is 10.3 Å². The zero-order chi connectivity index (χ0) is 16.9. The lowest BCUT2D eigenvalue weighted by molar-refractivity contribution is 0.0992. The van der Waals surface area contributed by atoms with Crippen LogP contribution in [0.25, 0.3) is 0 Å². The zero-order valence-corrected chi connectivity index (χ0v) is 13.7. The van der Waals surface area contributed by atoms with Crippen molar-refractivity contribution >= 4 is 23.3 Å². The Morgan fingerprint density at radius 3 is 2.67 bits per heavy atom. The van der Waals surface area contributed by atoms with Crippen molar-refractivity contribution in [2.24, 2.45) is 0 Å². The van der Waals surface area contributed by atoms with Crippen molar-refractivity contribution in [1.82, 2.24) is 4.98 Å². The fraction of sp³-hybridized carbons (Fsp3) is 0.111. The number of carbonyl (C=O) groups excluding carboxylic acids is 1. The molecule has 0 unspecified atom stereocenters. The Hall–Kier alpha value is -2.79. The summed E-state index contributed by atoms with van der Waals surface area (Å²) in [4.78, 5) is 16.1. The molecule has 24 heavy (non-hydrogen) atoms. The Labute approximate surface area is 144 Å². The fourth-order valence-electron chi connectivity index (χ4n) is 1.99. The predicted molar refractivity (Wildman–Crippen MR) is 91.4 cm³/mol. The molecule has 0 aliphatic rings. The third kappa shape index (κ3) is 4.14. The van der Waals surface area contributed by atoms with Crippen LogP contribution in [0.2, 0.25) is 5.02 Å². The van der Waals surface area contributed by atoms with Crippen LogP contribution in [0.5, 0.6) is 5.75 Å². The molecule has 0 aliphatic carbocycles. The Balaban J connectivity index is 1.59. The maximum Gasteiger partial charge on any atom is 0.292 e. The standard InChI is InChI=1S/C18H15ClN2O3/c1-12-2-5-14(6-3-12)23-11-15-7-8-16(24-15)18(22)21-17-9-4-13(19)10-20-17/h2-10H,11H2,1H3,(H,20,21,22). The number of halogens is 1. The molecular formula is C18H15ClN2O3. The molecule has 0 saturated heterocycles. The minimum Gasteiger partial charge on any atom is -0.486 e. The van der Waals surface area contributed by atoms with Crippen LogP contribution in [0.3, 0.4) is 0 Å². The maximum atomic E-state index is 12.1. The Morgan fingerprint density at radius 1 is 1.17 bits per heavy atom. The number of nitrogens with one attached hydrogen (secondary N) is 1. The number of aryl methyl sites for hydroxylation is 1. The summed E-state index contributed by atoms with van der Waals surface area (Å²) >= 11 is 5.75. The van der Waals surface area contributed by atoms with Gasteiger partial charge in [-0.05, 0) is 43.3 Å². The van der Waals surface area contributed by atoms with E-state index in [-0.39, 0.29) is 18.3 Å². The summed E-state index contributed by atoms with van der Waals surface area (Å²) in [6.07, 6.45) is 1.46. The van der Waals surface area contributed by atoms with E-state index in [0.717, 1.165) is 11.3 Å². The molecule has 0 fully saturated rings. The molecule has 0 radical (unpaired) electrons. The Kier molecular flexibility index (Phi) is 4.82. The van der Waals surface area contributed by atoms with Gasteiger partial charge in [-0.15, -0.1) is 0 Å². The van der Waals surface area contributed by atoms with Gasteiger partial charge in [-0.25, -0.2) is 4.98 Å². The van der Waals surface area contributed by atoms with Crippen molar-refractivity contribution in [1.29, 1.82) is 0 Å². The number of aromatic nitrogens is 1. The van der Waals surface area contributed by atoms with Gasteiger partial charge in [0.1, 0.15) is 23.9 Å². The first-order valence-corrected chi connectivity index (χ1v) is 7.69. The number of hydrogen-bond donors (Lipinski definition) is 1. The zero-order valence-electron chi connectivity index (χ0n) is 13.0. The number of benzene rings is 1. The van der Waals surface area contributed by atoms with Gasteiger partial charge in [-0.1, -0.05) is 29.3 Å². The number of pyridine rings is 1. The monoisotopic (exact) mass is 342 g/mol. The molecule has 0 spiro atoms. The highest BCUT2D eigenvalue weighted by atomic mass is 35.5. The van der Waals surface area contributed by atoms with Crippen LogP contribution in [0.4, 0.5) is 5.82 Å². The van der Waals surface area contributed by atoms with Crippen LogP contribution in [0.15, 0.2) is 59.1 Å². The van der Waals surface area contributed by atoms with E-state index in [1.807, 2.05) is 31.2 Å². The number of ether oxygens (including phenoxy) is 1. The highest BCUT2D eigenvalue weighted by molar-refractivity contribution is 6.30. The normalized spacial score (nSPS) is 10.4. The average molecular weight is 343 g/mol. The average Bonchev–Trinajstić information content (AvgIpc) is 3.06. The molecule has 0 atom stereocenters. The van der Waals surface area contributed by atoms with Crippen LogP contribution < -0.4 is 10.1 Å². The molecule has 3 aromatic rings. The van der Waals surface area contributed by atoms with Crippen LogP contribution >= 0.6 is 11.6 Å². The fourth-order valence-corrected chi connectivity index (χ4v) is 2.11. The summed E-state index contributed by atoms with van der Waals surface area (Å²) in [7, 11) is 0. The first-order valence-electron chi connectivity index (χ1n) is 7.31. The predicted octanol–water partition coefficient (Wildman–Crippen LogP) is 4.47. The van der Waals surface area contributed by atoms with Crippen LogP contribution in [0, 0.1) is 6.92 Å². The van der Waals surface area contributed by atoms with E-state index in [4.69, 9.17) is 20.8 Å². The molecule has 6 heteroatoms. The van der Waals surface area contributed by atoms with E-state index in [1.165, 1.54) is 6.20 Å². The largest absolute Gasteiger partial charge is 0.486 e. The van der Waals surface area contributed by atoms with Gasteiger partial charge in [0, 0.05) is 6.20 Å². The third-order valence-corrected chi connectivity index (χ3v) is 3.48. The number of furan rings is 1. The highest BCUT2D eigenvalue weighted by Crippen LogP contribution is 2.16. The van der Waals surface area contributed by atoms with E-state index in [0.29, 0.717) is 16.6 Å². The van der Waals surface area contributed by atoms with Crippen LogP contribution in [-0.2, 0) is 6.61 Å². The van der Waals surface area contributed by atoms with Crippen molar-refractivity contribution < 1.29 is 13.9 Å². The molecule has 0 aliphatic heterocycles. The summed E-state index contributed by atoms with van der Waals surface area (Å²) in [5, 5.41) is 3.14. The topological polar surface area (TPSA) is 64.4 Å². The number of nitrogens with zero attached hydrogens (tertiary/aromatic N) is 1.